The summed E-state index contributed by atoms with van der Waals surface area (Å²) < 4.78 is 7.35. The van der Waals surface area contributed by atoms with Crippen LogP contribution >= 0.6 is 31.9 Å². The van der Waals surface area contributed by atoms with Crippen LogP contribution in [0.15, 0.2) is 44.1 Å². The molecule has 0 unspecified atom stereocenters. The second kappa shape index (κ2) is 5.79. The van der Waals surface area contributed by atoms with Gasteiger partial charge in [-0.15, -0.1) is 0 Å². The van der Waals surface area contributed by atoms with Crippen LogP contribution in [0.5, 0.6) is 0 Å². The second-order valence-electron chi connectivity index (χ2n) is 5.58. The lowest BCUT2D eigenvalue weighted by atomic mass is 10.1. The van der Waals surface area contributed by atoms with Gasteiger partial charge in [0.15, 0.2) is 0 Å². The smallest absolute Gasteiger partial charge is 0.230 e. The molecule has 0 radical (unpaired) electrons. The Morgan fingerprint density at radius 1 is 1.09 bits per heavy atom. The molecular formula is C16H12Br2N4O. The molecule has 5 nitrogen and oxygen atoms in total. The SMILES string of the molecule is Cc1ncnc(-c2noc([C@@H]3C[C@H]3c3ccc(Br)cc3)n2)c1Br. The van der Waals surface area contributed by atoms with Gasteiger partial charge in [0, 0.05) is 10.4 Å². The predicted molar refractivity (Wildman–Crippen MR) is 92.0 cm³/mol. The third kappa shape index (κ3) is 2.83. The van der Waals surface area contributed by atoms with Gasteiger partial charge in [-0.3, -0.25) is 0 Å². The van der Waals surface area contributed by atoms with E-state index in [4.69, 9.17) is 4.52 Å². The van der Waals surface area contributed by atoms with Crippen molar-refractivity contribution in [1.29, 1.82) is 0 Å². The number of hydrogen-bond donors (Lipinski definition) is 0. The number of rotatable bonds is 3. The zero-order chi connectivity index (χ0) is 16.0. The van der Waals surface area contributed by atoms with Crippen molar-refractivity contribution >= 4 is 31.9 Å². The summed E-state index contributed by atoms with van der Waals surface area (Å²) in [7, 11) is 0. The van der Waals surface area contributed by atoms with Gasteiger partial charge in [0.25, 0.3) is 0 Å². The molecule has 4 rings (SSSR count). The number of hydrogen-bond acceptors (Lipinski definition) is 5. The van der Waals surface area contributed by atoms with Gasteiger partial charge in [-0.1, -0.05) is 33.2 Å². The van der Waals surface area contributed by atoms with Gasteiger partial charge in [-0.2, -0.15) is 4.98 Å². The molecule has 0 N–H and O–H groups in total. The molecule has 1 saturated carbocycles. The lowest BCUT2D eigenvalue weighted by Crippen LogP contribution is -1.93. The van der Waals surface area contributed by atoms with Crippen LogP contribution in [0.1, 0.15) is 35.4 Å². The Hall–Kier alpha value is -1.60. The van der Waals surface area contributed by atoms with Crippen LogP contribution in [-0.2, 0) is 0 Å². The van der Waals surface area contributed by atoms with E-state index < -0.39 is 0 Å². The van der Waals surface area contributed by atoms with Crippen LogP contribution in [0.4, 0.5) is 0 Å². The van der Waals surface area contributed by atoms with Gasteiger partial charge in [0.2, 0.25) is 11.7 Å². The van der Waals surface area contributed by atoms with E-state index in [1.807, 2.05) is 6.92 Å². The van der Waals surface area contributed by atoms with Crippen LogP contribution in [0, 0.1) is 6.92 Å². The van der Waals surface area contributed by atoms with E-state index in [-0.39, 0.29) is 0 Å². The Morgan fingerprint density at radius 3 is 2.65 bits per heavy atom. The van der Waals surface area contributed by atoms with Gasteiger partial charge in [0.05, 0.1) is 10.2 Å². The van der Waals surface area contributed by atoms with Crippen molar-refractivity contribution in [3.8, 4) is 11.5 Å². The third-order valence-electron chi connectivity index (χ3n) is 4.02. The fraction of sp³-hybridized carbons (Fsp3) is 0.250. The minimum absolute atomic E-state index is 0.291. The molecule has 2 atom stereocenters. The summed E-state index contributed by atoms with van der Waals surface area (Å²) in [5.41, 5.74) is 2.81. The molecule has 0 bridgehead atoms. The lowest BCUT2D eigenvalue weighted by molar-refractivity contribution is 0.378. The molecule has 0 spiro atoms. The quantitative estimate of drug-likeness (QED) is 0.599. The molecule has 1 aliphatic carbocycles. The first-order valence-electron chi connectivity index (χ1n) is 7.20. The summed E-state index contributed by atoms with van der Waals surface area (Å²) >= 11 is 6.94. The maximum Gasteiger partial charge on any atom is 0.230 e. The third-order valence-corrected chi connectivity index (χ3v) is 5.50. The molecule has 7 heteroatoms. The fourth-order valence-electron chi connectivity index (χ4n) is 2.64. The normalized spacial score (nSPS) is 19.8. The highest BCUT2D eigenvalue weighted by molar-refractivity contribution is 9.10. The van der Waals surface area contributed by atoms with Gasteiger partial charge in [-0.25, -0.2) is 9.97 Å². The number of benzene rings is 1. The maximum atomic E-state index is 5.46. The van der Waals surface area contributed by atoms with Crippen LogP contribution in [0.25, 0.3) is 11.5 Å². The molecule has 23 heavy (non-hydrogen) atoms. The Kier molecular flexibility index (Phi) is 3.77. The van der Waals surface area contributed by atoms with E-state index >= 15 is 0 Å². The first-order chi connectivity index (χ1) is 11.1. The van der Waals surface area contributed by atoms with E-state index in [2.05, 4.69) is 76.2 Å². The minimum Gasteiger partial charge on any atom is -0.339 e. The first kappa shape index (κ1) is 15.0. The zero-order valence-electron chi connectivity index (χ0n) is 12.2. The minimum atomic E-state index is 0.291. The van der Waals surface area contributed by atoms with E-state index in [0.717, 1.165) is 21.1 Å². The maximum absolute atomic E-state index is 5.46. The van der Waals surface area contributed by atoms with Gasteiger partial charge < -0.3 is 4.52 Å². The second-order valence-corrected chi connectivity index (χ2v) is 7.29. The van der Waals surface area contributed by atoms with E-state index in [1.165, 1.54) is 11.9 Å². The zero-order valence-corrected chi connectivity index (χ0v) is 15.4. The summed E-state index contributed by atoms with van der Waals surface area (Å²) in [5.74, 6) is 1.92. The van der Waals surface area contributed by atoms with Gasteiger partial charge in [-0.05, 0) is 52.9 Å². The molecule has 116 valence electrons. The van der Waals surface area contributed by atoms with Crippen LogP contribution in [0.2, 0.25) is 0 Å². The number of aromatic nitrogens is 4. The topological polar surface area (TPSA) is 64.7 Å². The Labute approximate surface area is 149 Å². The van der Waals surface area contributed by atoms with Crippen LogP contribution in [-0.4, -0.2) is 20.1 Å². The number of aryl methyl sites for hydroxylation is 1. The molecule has 2 heterocycles. The summed E-state index contributed by atoms with van der Waals surface area (Å²) in [6, 6.07) is 8.39. The highest BCUT2D eigenvalue weighted by Crippen LogP contribution is 2.54. The monoisotopic (exact) mass is 434 g/mol. The Balaban J connectivity index is 1.58. The van der Waals surface area contributed by atoms with Crippen molar-refractivity contribution in [2.24, 2.45) is 0 Å². The molecule has 1 aromatic carbocycles. The number of halogens is 2. The van der Waals surface area contributed by atoms with Gasteiger partial charge in [0.1, 0.15) is 12.0 Å². The predicted octanol–water partition coefficient (Wildman–Crippen LogP) is 4.63. The average Bonchev–Trinajstić information content (AvgIpc) is 3.20. The standard InChI is InChI=1S/C16H12Br2N4O/c1-8-13(18)14(20-7-19-8)15-21-16(23-22-15)12-6-11(12)9-2-4-10(17)5-3-9/h2-5,7,11-12H,6H2,1H3/t11-,12+/m0/s1. The van der Waals surface area contributed by atoms with Crippen molar-refractivity contribution in [2.45, 2.75) is 25.2 Å². The molecule has 3 aromatic rings. The molecule has 1 aliphatic rings. The number of nitrogens with zero attached hydrogens (tertiary/aromatic N) is 4. The first-order valence-corrected chi connectivity index (χ1v) is 8.78. The Bertz CT molecular complexity index is 863. The Morgan fingerprint density at radius 2 is 1.87 bits per heavy atom. The highest BCUT2D eigenvalue weighted by Gasteiger charge is 2.43. The van der Waals surface area contributed by atoms with Crippen molar-refractivity contribution in [3.05, 3.63) is 56.7 Å². The summed E-state index contributed by atoms with van der Waals surface area (Å²) in [4.78, 5) is 12.9. The molecule has 2 aromatic heterocycles. The van der Waals surface area contributed by atoms with E-state index in [1.54, 1.807) is 0 Å². The summed E-state index contributed by atoms with van der Waals surface area (Å²) in [6.45, 7) is 1.90. The van der Waals surface area contributed by atoms with Crippen LogP contribution < -0.4 is 0 Å². The molecule has 1 fully saturated rings. The van der Waals surface area contributed by atoms with Crippen molar-refractivity contribution in [2.75, 3.05) is 0 Å². The summed E-state index contributed by atoms with van der Waals surface area (Å²) in [6.07, 6.45) is 2.54. The molecule has 0 aliphatic heterocycles. The largest absolute Gasteiger partial charge is 0.339 e. The molecular weight excluding hydrogens is 424 g/mol. The molecule has 0 amide bonds. The van der Waals surface area contributed by atoms with Crippen molar-refractivity contribution in [3.63, 3.8) is 0 Å². The van der Waals surface area contributed by atoms with Gasteiger partial charge >= 0.3 is 0 Å². The highest BCUT2D eigenvalue weighted by atomic mass is 79.9. The van der Waals surface area contributed by atoms with Crippen molar-refractivity contribution < 1.29 is 4.52 Å². The van der Waals surface area contributed by atoms with Crippen LogP contribution in [0.3, 0.4) is 0 Å². The lowest BCUT2D eigenvalue weighted by Gasteiger charge is -1.99. The molecule has 0 saturated heterocycles. The average molecular weight is 436 g/mol. The van der Waals surface area contributed by atoms with E-state index in [0.29, 0.717) is 29.2 Å². The fourth-order valence-corrected chi connectivity index (χ4v) is 3.29. The van der Waals surface area contributed by atoms with E-state index in [9.17, 15) is 0 Å². The summed E-state index contributed by atoms with van der Waals surface area (Å²) in [5, 5.41) is 4.08. The van der Waals surface area contributed by atoms with Crippen molar-refractivity contribution in [1.82, 2.24) is 20.1 Å².